The fourth-order valence-corrected chi connectivity index (χ4v) is 4.23. The van der Waals surface area contributed by atoms with Crippen LogP contribution in [-0.4, -0.2) is 33.1 Å². The topological polar surface area (TPSA) is 54.0 Å². The second kappa shape index (κ2) is 7.24. The molecular formula is C22H26O5. The van der Waals surface area contributed by atoms with Gasteiger partial charge in [-0.2, -0.15) is 0 Å². The number of carbonyl (C=O) groups is 1. The van der Waals surface area contributed by atoms with Crippen molar-refractivity contribution in [2.75, 3.05) is 21.3 Å². The Kier molecular flexibility index (Phi) is 5.16. The molecule has 2 bridgehead atoms. The first-order chi connectivity index (χ1) is 12.9. The maximum absolute atomic E-state index is 12.9. The normalized spacial score (nSPS) is 29.6. The lowest BCUT2D eigenvalue weighted by atomic mass is 9.71. The number of ether oxygens (including phenoxy) is 4. The third kappa shape index (κ3) is 2.96. The number of rotatable bonds is 6. The van der Waals surface area contributed by atoms with Crippen LogP contribution >= 0.6 is 0 Å². The predicted molar refractivity (Wildman–Crippen MR) is 103 cm³/mol. The first-order valence-corrected chi connectivity index (χ1v) is 8.94. The van der Waals surface area contributed by atoms with Gasteiger partial charge in [0.2, 0.25) is 5.79 Å². The zero-order chi connectivity index (χ0) is 19.8. The summed E-state index contributed by atoms with van der Waals surface area (Å²) in [6.07, 6.45) is 4.29. The summed E-state index contributed by atoms with van der Waals surface area (Å²) in [5, 5.41) is 0. The number of hydrogen-bond acceptors (Lipinski definition) is 5. The summed E-state index contributed by atoms with van der Waals surface area (Å²) in [6, 6.07) is 5.73. The minimum Gasteiger partial charge on any atom is -0.493 e. The van der Waals surface area contributed by atoms with Gasteiger partial charge in [0, 0.05) is 18.9 Å². The molecule has 0 N–H and O–H groups in total. The molecule has 27 heavy (non-hydrogen) atoms. The Morgan fingerprint density at radius 2 is 1.93 bits per heavy atom. The first-order valence-electron chi connectivity index (χ1n) is 8.94. The molecule has 0 saturated carbocycles. The second-order valence-corrected chi connectivity index (χ2v) is 6.94. The van der Waals surface area contributed by atoms with Crippen molar-refractivity contribution >= 4 is 5.97 Å². The van der Waals surface area contributed by atoms with Crippen LogP contribution in [0.4, 0.5) is 0 Å². The van der Waals surface area contributed by atoms with Gasteiger partial charge >= 0.3 is 5.97 Å². The Morgan fingerprint density at radius 1 is 1.22 bits per heavy atom. The van der Waals surface area contributed by atoms with Crippen LogP contribution in [0.3, 0.4) is 0 Å². The largest absolute Gasteiger partial charge is 0.493 e. The maximum atomic E-state index is 12.9. The standard InChI is InChI=1S/C22H26O5/c1-7-8-16-12-22(26-6)14(3)20(19(13(16)2)21(23)27-22)15-9-10-17(24-4)18(11-15)25-5/h7,9-12,14,19-20H,1-2,8H2,3-6H3/t14-,19+,20+,22-/m1/s1. The van der Waals surface area contributed by atoms with Gasteiger partial charge in [0.15, 0.2) is 11.5 Å². The predicted octanol–water partition coefficient (Wildman–Crippen LogP) is 4.01. The highest BCUT2D eigenvalue weighted by atomic mass is 16.7. The molecule has 144 valence electrons. The Labute approximate surface area is 160 Å². The van der Waals surface area contributed by atoms with E-state index in [1.54, 1.807) is 27.4 Å². The fourth-order valence-electron chi connectivity index (χ4n) is 4.23. The van der Waals surface area contributed by atoms with Crippen molar-refractivity contribution in [2.24, 2.45) is 11.8 Å². The maximum Gasteiger partial charge on any atom is 0.316 e. The monoisotopic (exact) mass is 370 g/mol. The van der Waals surface area contributed by atoms with E-state index in [1.807, 2.05) is 31.2 Å². The molecule has 4 rings (SSSR count). The van der Waals surface area contributed by atoms with Gasteiger partial charge in [-0.05, 0) is 41.3 Å². The van der Waals surface area contributed by atoms with Gasteiger partial charge in [0.05, 0.1) is 20.1 Å². The molecule has 4 atom stereocenters. The van der Waals surface area contributed by atoms with Gasteiger partial charge in [0.25, 0.3) is 0 Å². The van der Waals surface area contributed by atoms with Crippen LogP contribution in [0.25, 0.3) is 0 Å². The zero-order valence-corrected chi connectivity index (χ0v) is 16.3. The molecule has 0 spiro atoms. The van der Waals surface area contributed by atoms with Crippen molar-refractivity contribution < 1.29 is 23.7 Å². The Bertz CT molecular complexity index is 809. The van der Waals surface area contributed by atoms with Crippen LogP contribution in [0.5, 0.6) is 11.5 Å². The minimum absolute atomic E-state index is 0.123. The molecule has 0 unspecified atom stereocenters. The van der Waals surface area contributed by atoms with E-state index >= 15 is 0 Å². The molecule has 1 fully saturated rings. The van der Waals surface area contributed by atoms with Gasteiger partial charge in [-0.15, -0.1) is 6.58 Å². The minimum atomic E-state index is -1.14. The highest BCUT2D eigenvalue weighted by Crippen LogP contribution is 2.53. The van der Waals surface area contributed by atoms with Crippen LogP contribution in [0.2, 0.25) is 0 Å². The van der Waals surface area contributed by atoms with E-state index in [-0.39, 0.29) is 17.8 Å². The Hall–Kier alpha value is -2.53. The number of hydrogen-bond donors (Lipinski definition) is 0. The Balaban J connectivity index is 2.16. The molecule has 0 radical (unpaired) electrons. The molecule has 5 heteroatoms. The third-order valence-electron chi connectivity index (χ3n) is 5.69. The van der Waals surface area contributed by atoms with Crippen LogP contribution in [0.1, 0.15) is 24.8 Å². The quantitative estimate of drug-likeness (QED) is 0.559. The van der Waals surface area contributed by atoms with E-state index < -0.39 is 11.7 Å². The third-order valence-corrected chi connectivity index (χ3v) is 5.69. The van der Waals surface area contributed by atoms with Crippen molar-refractivity contribution in [3.63, 3.8) is 0 Å². The molecule has 1 aromatic rings. The van der Waals surface area contributed by atoms with Crippen LogP contribution in [0.15, 0.2) is 54.7 Å². The van der Waals surface area contributed by atoms with E-state index in [0.717, 1.165) is 16.7 Å². The Morgan fingerprint density at radius 3 is 2.52 bits per heavy atom. The number of carbonyl (C=O) groups excluding carboxylic acids is 1. The molecule has 2 heterocycles. The van der Waals surface area contributed by atoms with Crippen molar-refractivity contribution in [1.29, 1.82) is 0 Å². The van der Waals surface area contributed by atoms with Crippen molar-refractivity contribution in [1.82, 2.24) is 0 Å². The van der Waals surface area contributed by atoms with Gasteiger partial charge in [-0.1, -0.05) is 25.6 Å². The van der Waals surface area contributed by atoms with Gasteiger partial charge in [-0.3, -0.25) is 4.79 Å². The molecule has 1 saturated heterocycles. The number of methoxy groups -OCH3 is 3. The first kappa shape index (κ1) is 19.2. The molecule has 1 aromatic carbocycles. The van der Waals surface area contributed by atoms with Crippen LogP contribution < -0.4 is 9.47 Å². The number of esters is 1. The summed E-state index contributed by atoms with van der Waals surface area (Å²) in [5.74, 6) is -0.985. The molecule has 3 aliphatic rings. The number of allylic oxidation sites excluding steroid dienone is 2. The SMILES string of the molecule is C=CCC1=C[C@@]2(OC)OC(=O)[C@@H](C1=C)[C@H](c1ccc(OC)c(OC)c1)[C@H]2C. The zero-order valence-electron chi connectivity index (χ0n) is 16.3. The van der Waals surface area contributed by atoms with E-state index in [1.165, 1.54) is 0 Å². The second-order valence-electron chi connectivity index (χ2n) is 6.94. The summed E-state index contributed by atoms with van der Waals surface area (Å²) in [6.45, 7) is 10.1. The molecule has 0 aromatic heterocycles. The molecule has 2 aliphatic heterocycles. The summed E-state index contributed by atoms with van der Waals surface area (Å²) >= 11 is 0. The lowest BCUT2D eigenvalue weighted by Gasteiger charge is -2.44. The van der Waals surface area contributed by atoms with Gasteiger partial charge < -0.3 is 18.9 Å². The van der Waals surface area contributed by atoms with E-state index in [9.17, 15) is 4.79 Å². The lowest BCUT2D eigenvalue weighted by molar-refractivity contribution is -0.239. The average molecular weight is 370 g/mol. The van der Waals surface area contributed by atoms with Gasteiger partial charge in [-0.25, -0.2) is 0 Å². The van der Waals surface area contributed by atoms with Gasteiger partial charge in [0.1, 0.15) is 0 Å². The molecule has 1 aliphatic carbocycles. The van der Waals surface area contributed by atoms with Crippen molar-refractivity contribution in [3.05, 3.63) is 60.2 Å². The summed E-state index contributed by atoms with van der Waals surface area (Å²) in [4.78, 5) is 12.9. The number of benzene rings is 1. The summed E-state index contributed by atoms with van der Waals surface area (Å²) < 4.78 is 22.3. The van der Waals surface area contributed by atoms with E-state index in [0.29, 0.717) is 17.9 Å². The molecule has 0 amide bonds. The molecule has 5 nitrogen and oxygen atoms in total. The lowest BCUT2D eigenvalue weighted by Crippen LogP contribution is -2.51. The average Bonchev–Trinajstić information content (AvgIpc) is 2.83. The smallest absolute Gasteiger partial charge is 0.316 e. The van der Waals surface area contributed by atoms with Crippen molar-refractivity contribution in [2.45, 2.75) is 25.0 Å². The fraction of sp³-hybridized carbons (Fsp3) is 0.409. The van der Waals surface area contributed by atoms with Crippen molar-refractivity contribution in [3.8, 4) is 11.5 Å². The highest BCUT2D eigenvalue weighted by molar-refractivity contribution is 5.81. The van der Waals surface area contributed by atoms with Crippen LogP contribution in [0, 0.1) is 11.8 Å². The van der Waals surface area contributed by atoms with E-state index in [2.05, 4.69) is 13.2 Å². The number of fused-ring (bicyclic) bond motifs is 3. The molecular weight excluding hydrogens is 344 g/mol. The summed E-state index contributed by atoms with van der Waals surface area (Å²) in [5.41, 5.74) is 2.64. The van der Waals surface area contributed by atoms with Crippen LogP contribution in [-0.2, 0) is 14.3 Å². The highest BCUT2D eigenvalue weighted by Gasteiger charge is 2.56. The summed E-state index contributed by atoms with van der Waals surface area (Å²) in [7, 11) is 4.75. The van der Waals surface area contributed by atoms with E-state index in [4.69, 9.17) is 18.9 Å².